The van der Waals surface area contributed by atoms with Gasteiger partial charge in [-0.05, 0) is 56.9 Å². The Morgan fingerprint density at radius 1 is 0.943 bits per heavy atom. The predicted octanol–water partition coefficient (Wildman–Crippen LogP) is 4.18. The molecule has 0 aromatic heterocycles. The Morgan fingerprint density at radius 3 is 2.29 bits per heavy atom. The number of guanidine groups is 1. The maximum atomic E-state index is 14.0. The van der Waals surface area contributed by atoms with Gasteiger partial charge in [0.15, 0.2) is 29.2 Å². The summed E-state index contributed by atoms with van der Waals surface area (Å²) in [5.74, 6) is -5.13. The lowest BCUT2D eigenvalue weighted by molar-refractivity contribution is 0.0974. The first-order valence-electron chi connectivity index (χ1n) is 11.2. The molecule has 1 saturated carbocycles. The second-order valence-corrected chi connectivity index (χ2v) is 8.02. The number of carbonyl (C=O) groups is 2. The van der Waals surface area contributed by atoms with Gasteiger partial charge in [-0.3, -0.25) is 10.1 Å². The number of benzene rings is 2. The van der Waals surface area contributed by atoms with E-state index in [9.17, 15) is 27.2 Å². The zero-order valence-corrected chi connectivity index (χ0v) is 19.0. The van der Waals surface area contributed by atoms with Crippen molar-refractivity contribution >= 4 is 18.0 Å². The molecule has 2 aromatic rings. The van der Waals surface area contributed by atoms with Crippen LogP contribution >= 0.6 is 0 Å². The Bertz CT molecular complexity index is 1090. The summed E-state index contributed by atoms with van der Waals surface area (Å²) < 4.78 is 59.3. The van der Waals surface area contributed by atoms with Crippen LogP contribution in [-0.4, -0.2) is 36.7 Å². The van der Waals surface area contributed by atoms with Gasteiger partial charge in [-0.2, -0.15) is 0 Å². The Hall–Kier alpha value is -3.63. The van der Waals surface area contributed by atoms with E-state index in [0.29, 0.717) is 25.7 Å². The van der Waals surface area contributed by atoms with Crippen LogP contribution < -0.4 is 16.0 Å². The maximum Gasteiger partial charge on any atom is 0.407 e. The zero-order chi connectivity index (χ0) is 25.4. The van der Waals surface area contributed by atoms with Crippen molar-refractivity contribution < 1.29 is 31.9 Å². The third-order valence-electron chi connectivity index (χ3n) is 5.52. The number of alkyl carbamates (subject to hydrolysis) is 1. The van der Waals surface area contributed by atoms with Crippen LogP contribution in [0.4, 0.5) is 22.4 Å². The van der Waals surface area contributed by atoms with Gasteiger partial charge >= 0.3 is 6.09 Å². The second-order valence-electron chi connectivity index (χ2n) is 8.02. The van der Waals surface area contributed by atoms with Gasteiger partial charge in [0.2, 0.25) is 0 Å². The monoisotopic (exact) mass is 494 g/mol. The highest BCUT2D eigenvalue weighted by Gasteiger charge is 2.24. The summed E-state index contributed by atoms with van der Waals surface area (Å²) in [4.78, 5) is 28.4. The van der Waals surface area contributed by atoms with Crippen molar-refractivity contribution in [3.05, 3.63) is 70.8 Å². The molecule has 0 aliphatic heterocycles. The Kier molecular flexibility index (Phi) is 9.04. The van der Waals surface area contributed by atoms with E-state index in [1.807, 2.05) is 0 Å². The fraction of sp³-hybridized carbons (Fsp3) is 0.375. The van der Waals surface area contributed by atoms with Gasteiger partial charge in [0, 0.05) is 23.2 Å². The number of nitrogens with one attached hydrogen (secondary N) is 3. The number of amides is 2. The molecule has 0 unspecified atom stereocenters. The molecule has 3 N–H and O–H groups in total. The van der Waals surface area contributed by atoms with E-state index in [0.717, 1.165) is 24.3 Å². The third-order valence-corrected chi connectivity index (χ3v) is 5.52. The summed E-state index contributed by atoms with van der Waals surface area (Å²) >= 11 is 0. The van der Waals surface area contributed by atoms with Crippen LogP contribution in [0.25, 0.3) is 0 Å². The van der Waals surface area contributed by atoms with E-state index in [-0.39, 0.29) is 42.3 Å². The quantitative estimate of drug-likeness (QED) is 0.319. The zero-order valence-electron chi connectivity index (χ0n) is 19.0. The fourth-order valence-electron chi connectivity index (χ4n) is 3.69. The second kappa shape index (κ2) is 12.2. The molecule has 2 aromatic carbocycles. The summed E-state index contributed by atoms with van der Waals surface area (Å²) in [5.41, 5.74) is -0.161. The number of aliphatic imine (C=N–C) groups is 1. The molecule has 0 atom stereocenters. The minimum absolute atomic E-state index is 0.0197. The van der Waals surface area contributed by atoms with Crippen LogP contribution in [-0.2, 0) is 11.3 Å². The van der Waals surface area contributed by atoms with Crippen molar-refractivity contribution in [1.29, 1.82) is 0 Å². The van der Waals surface area contributed by atoms with Gasteiger partial charge in [-0.25, -0.2) is 27.3 Å². The van der Waals surface area contributed by atoms with Gasteiger partial charge in [0.1, 0.15) is 0 Å². The summed E-state index contributed by atoms with van der Waals surface area (Å²) in [6.07, 6.45) is 2.03. The van der Waals surface area contributed by atoms with E-state index in [4.69, 9.17) is 4.74 Å². The van der Waals surface area contributed by atoms with Crippen LogP contribution in [0.1, 0.15) is 48.5 Å². The highest BCUT2D eigenvalue weighted by atomic mass is 19.2. The van der Waals surface area contributed by atoms with E-state index in [1.165, 1.54) is 12.1 Å². The molecule has 35 heavy (non-hydrogen) atoms. The van der Waals surface area contributed by atoms with Crippen LogP contribution in [0, 0.1) is 23.3 Å². The number of ether oxygens (including phenoxy) is 1. The topological polar surface area (TPSA) is 91.8 Å². The average Bonchev–Trinajstić information content (AvgIpc) is 2.83. The van der Waals surface area contributed by atoms with Crippen molar-refractivity contribution in [2.75, 3.05) is 6.61 Å². The highest BCUT2D eigenvalue weighted by molar-refractivity contribution is 6.05. The molecule has 0 bridgehead atoms. The van der Waals surface area contributed by atoms with Crippen molar-refractivity contribution in [3.8, 4) is 0 Å². The van der Waals surface area contributed by atoms with Gasteiger partial charge in [-0.1, -0.05) is 12.1 Å². The molecule has 11 heteroatoms. The van der Waals surface area contributed by atoms with Crippen molar-refractivity contribution in [2.24, 2.45) is 4.99 Å². The van der Waals surface area contributed by atoms with E-state index < -0.39 is 35.3 Å². The Labute approximate surface area is 200 Å². The van der Waals surface area contributed by atoms with Crippen LogP contribution in [0.2, 0.25) is 0 Å². The molecule has 0 saturated heterocycles. The first-order chi connectivity index (χ1) is 16.8. The van der Waals surface area contributed by atoms with Crippen molar-refractivity contribution in [1.82, 2.24) is 16.0 Å². The molecule has 188 valence electrons. The lowest BCUT2D eigenvalue weighted by Crippen LogP contribution is -2.49. The van der Waals surface area contributed by atoms with Gasteiger partial charge in [-0.15, -0.1) is 0 Å². The minimum Gasteiger partial charge on any atom is -0.450 e. The standard InChI is InChI=1S/C24H26F4N4O3/c1-2-35-24(34)31-17-9-7-16(8-10-17)30-23(29-13-15-4-3-5-19(26)21(15)28)32-22(33)14-6-11-18(25)20(27)12-14/h3-6,11-12,16-17H,2,7-10,13H2,1H3,(H,31,34)(H2,29,30,32,33). The lowest BCUT2D eigenvalue weighted by atomic mass is 9.91. The van der Waals surface area contributed by atoms with E-state index >= 15 is 0 Å². The SMILES string of the molecule is CCOC(=O)NC1CCC(NC(=NCc2cccc(F)c2F)NC(=O)c2ccc(F)c(F)c2)CC1. The Balaban J connectivity index is 1.70. The maximum absolute atomic E-state index is 14.0. The highest BCUT2D eigenvalue weighted by Crippen LogP contribution is 2.19. The Morgan fingerprint density at radius 2 is 1.63 bits per heavy atom. The van der Waals surface area contributed by atoms with Crippen LogP contribution in [0.15, 0.2) is 41.4 Å². The van der Waals surface area contributed by atoms with E-state index in [1.54, 1.807) is 6.92 Å². The molecule has 2 amide bonds. The number of nitrogens with zero attached hydrogens (tertiary/aromatic N) is 1. The fourth-order valence-corrected chi connectivity index (χ4v) is 3.69. The van der Waals surface area contributed by atoms with Crippen LogP contribution in [0.3, 0.4) is 0 Å². The lowest BCUT2D eigenvalue weighted by Gasteiger charge is -2.30. The number of rotatable bonds is 6. The van der Waals surface area contributed by atoms with Gasteiger partial charge < -0.3 is 15.4 Å². The smallest absolute Gasteiger partial charge is 0.407 e. The average molecular weight is 494 g/mol. The summed E-state index contributed by atoms with van der Waals surface area (Å²) in [6, 6.07) is 6.17. The molecule has 0 heterocycles. The third kappa shape index (κ3) is 7.43. The molecular formula is C24H26F4N4O3. The summed E-state index contributed by atoms with van der Waals surface area (Å²) in [5, 5.41) is 8.36. The number of hydrogen-bond acceptors (Lipinski definition) is 4. The summed E-state index contributed by atoms with van der Waals surface area (Å²) in [7, 11) is 0. The number of hydrogen-bond donors (Lipinski definition) is 3. The molecule has 1 aliphatic carbocycles. The predicted molar refractivity (Wildman–Crippen MR) is 121 cm³/mol. The first kappa shape index (κ1) is 26.0. The molecular weight excluding hydrogens is 468 g/mol. The molecule has 1 fully saturated rings. The van der Waals surface area contributed by atoms with Crippen molar-refractivity contribution in [2.45, 2.75) is 51.2 Å². The number of halogens is 4. The van der Waals surface area contributed by atoms with Gasteiger partial charge in [0.25, 0.3) is 5.91 Å². The molecule has 1 aliphatic rings. The summed E-state index contributed by atoms with van der Waals surface area (Å²) in [6.45, 7) is 1.71. The molecule has 7 nitrogen and oxygen atoms in total. The normalized spacial score (nSPS) is 18.0. The minimum atomic E-state index is -1.18. The largest absolute Gasteiger partial charge is 0.450 e. The van der Waals surface area contributed by atoms with Crippen molar-refractivity contribution in [3.63, 3.8) is 0 Å². The molecule has 3 rings (SSSR count). The van der Waals surface area contributed by atoms with Gasteiger partial charge in [0.05, 0.1) is 13.2 Å². The number of carbonyl (C=O) groups excluding carboxylic acids is 2. The van der Waals surface area contributed by atoms with E-state index in [2.05, 4.69) is 20.9 Å². The van der Waals surface area contributed by atoms with Crippen LogP contribution in [0.5, 0.6) is 0 Å². The molecule has 0 spiro atoms. The molecule has 0 radical (unpaired) electrons. The first-order valence-corrected chi connectivity index (χ1v) is 11.2.